The normalized spacial score (nSPS) is 10.6. The number of aromatic nitrogens is 2. The lowest BCUT2D eigenvalue weighted by atomic mass is 10.2. The summed E-state index contributed by atoms with van der Waals surface area (Å²) in [5.74, 6) is -0.249. The molecular weight excluding hydrogens is 415 g/mol. The number of halogens is 2. The quantitative estimate of drug-likeness (QED) is 0.548. The summed E-state index contributed by atoms with van der Waals surface area (Å²) in [5, 5.41) is 4.04. The van der Waals surface area contributed by atoms with E-state index in [1.165, 1.54) is 19.4 Å². The molecule has 7 nitrogen and oxygen atoms in total. The summed E-state index contributed by atoms with van der Waals surface area (Å²) in [6.45, 7) is 3.17. The second kappa shape index (κ2) is 8.96. The smallest absolute Gasteiger partial charge is 0.343 e. The Hall–Kier alpha value is -3.39. The molecule has 1 aromatic heterocycles. The molecule has 1 heterocycles. The molecule has 0 amide bonds. The third kappa shape index (κ3) is 4.60. The first kappa shape index (κ1) is 21.3. The molecule has 0 fully saturated rings. The number of hydrogen-bond donors (Lipinski definition) is 0. The number of ether oxygens (including phenoxy) is 3. The highest BCUT2D eigenvalue weighted by molar-refractivity contribution is 6.32. The van der Waals surface area contributed by atoms with Crippen LogP contribution in [0.25, 0.3) is 5.69 Å². The van der Waals surface area contributed by atoms with Gasteiger partial charge in [-0.15, -0.1) is 0 Å². The Balaban J connectivity index is 1.87. The molecule has 0 aliphatic heterocycles. The molecule has 0 spiro atoms. The highest BCUT2D eigenvalue weighted by atomic mass is 35.5. The van der Waals surface area contributed by atoms with Crippen LogP contribution >= 0.6 is 11.6 Å². The average molecular weight is 433 g/mol. The number of nitrogens with zero attached hydrogens (tertiary/aromatic N) is 2. The fraction of sp³-hybridized carbons (Fsp3) is 0.190. The van der Waals surface area contributed by atoms with Gasteiger partial charge in [0.1, 0.15) is 22.9 Å². The lowest BCUT2D eigenvalue weighted by molar-refractivity contribution is -0.142. The molecule has 0 atom stereocenters. The van der Waals surface area contributed by atoms with E-state index in [4.69, 9.17) is 21.1 Å². The van der Waals surface area contributed by atoms with Gasteiger partial charge in [-0.25, -0.2) is 9.18 Å². The van der Waals surface area contributed by atoms with Crippen molar-refractivity contribution in [2.45, 2.75) is 13.8 Å². The van der Waals surface area contributed by atoms with E-state index in [9.17, 15) is 14.0 Å². The van der Waals surface area contributed by atoms with Gasteiger partial charge in [0.2, 0.25) is 0 Å². The summed E-state index contributed by atoms with van der Waals surface area (Å²) >= 11 is 6.12. The number of aryl methyl sites for hydroxylation is 1. The summed E-state index contributed by atoms with van der Waals surface area (Å²) in [6.07, 6.45) is 1.48. The van der Waals surface area contributed by atoms with Crippen molar-refractivity contribution in [3.05, 3.63) is 74.9 Å². The Morgan fingerprint density at radius 2 is 1.83 bits per heavy atom. The van der Waals surface area contributed by atoms with E-state index in [1.54, 1.807) is 38.1 Å². The molecule has 0 aliphatic carbocycles. The van der Waals surface area contributed by atoms with Crippen LogP contribution in [-0.4, -0.2) is 29.5 Å². The topological polar surface area (TPSA) is 79.7 Å². The molecule has 0 saturated heterocycles. The maximum absolute atomic E-state index is 14.5. The Kier molecular flexibility index (Phi) is 6.37. The molecule has 0 saturated carbocycles. The molecule has 156 valence electrons. The molecule has 3 aromatic rings. The summed E-state index contributed by atoms with van der Waals surface area (Å²) in [6, 6.07) is 8.72. The fourth-order valence-corrected chi connectivity index (χ4v) is 2.67. The SMILES string of the molecule is COC(=O)COc1ccc(Oc2cc(-n3ncc(C)c(C)c3=O)c(F)cc2Cl)cc1. The lowest BCUT2D eigenvalue weighted by Crippen LogP contribution is -2.24. The van der Waals surface area contributed by atoms with Crippen molar-refractivity contribution in [1.29, 1.82) is 0 Å². The molecule has 9 heteroatoms. The minimum absolute atomic E-state index is 0.0270. The van der Waals surface area contributed by atoms with E-state index in [0.29, 0.717) is 22.6 Å². The third-order valence-corrected chi connectivity index (χ3v) is 4.63. The molecule has 0 bridgehead atoms. The van der Waals surface area contributed by atoms with Crippen molar-refractivity contribution in [3.63, 3.8) is 0 Å². The third-order valence-electron chi connectivity index (χ3n) is 4.34. The first-order valence-corrected chi connectivity index (χ1v) is 9.20. The molecular formula is C21H18ClFN2O5. The summed E-state index contributed by atoms with van der Waals surface area (Å²) in [7, 11) is 1.27. The highest BCUT2D eigenvalue weighted by Gasteiger charge is 2.16. The van der Waals surface area contributed by atoms with Crippen LogP contribution in [0.1, 0.15) is 11.1 Å². The van der Waals surface area contributed by atoms with Gasteiger partial charge in [0, 0.05) is 11.6 Å². The zero-order valence-electron chi connectivity index (χ0n) is 16.4. The van der Waals surface area contributed by atoms with Crippen LogP contribution in [0.15, 0.2) is 47.4 Å². The minimum atomic E-state index is -0.711. The largest absolute Gasteiger partial charge is 0.482 e. The van der Waals surface area contributed by atoms with Crippen LogP contribution in [0, 0.1) is 19.7 Å². The Morgan fingerprint density at radius 3 is 2.50 bits per heavy atom. The zero-order chi connectivity index (χ0) is 21.8. The van der Waals surface area contributed by atoms with E-state index < -0.39 is 17.3 Å². The maximum atomic E-state index is 14.5. The van der Waals surface area contributed by atoms with Gasteiger partial charge in [0.15, 0.2) is 12.4 Å². The summed E-state index contributed by atoms with van der Waals surface area (Å²) in [5.41, 5.74) is 0.649. The van der Waals surface area contributed by atoms with Crippen molar-refractivity contribution in [2.75, 3.05) is 13.7 Å². The van der Waals surface area contributed by atoms with E-state index in [2.05, 4.69) is 9.84 Å². The van der Waals surface area contributed by atoms with Gasteiger partial charge in [-0.2, -0.15) is 9.78 Å². The van der Waals surface area contributed by atoms with E-state index in [1.807, 2.05) is 0 Å². The van der Waals surface area contributed by atoms with Gasteiger partial charge in [0.05, 0.1) is 18.3 Å². The lowest BCUT2D eigenvalue weighted by Gasteiger charge is -2.13. The van der Waals surface area contributed by atoms with Crippen LogP contribution < -0.4 is 15.0 Å². The van der Waals surface area contributed by atoms with Crippen molar-refractivity contribution >= 4 is 17.6 Å². The van der Waals surface area contributed by atoms with Crippen LogP contribution in [0.2, 0.25) is 5.02 Å². The van der Waals surface area contributed by atoms with E-state index >= 15 is 0 Å². The van der Waals surface area contributed by atoms with Gasteiger partial charge >= 0.3 is 5.97 Å². The van der Waals surface area contributed by atoms with Crippen LogP contribution in [0.3, 0.4) is 0 Å². The van der Waals surface area contributed by atoms with Crippen LogP contribution in [-0.2, 0) is 9.53 Å². The average Bonchev–Trinajstić information content (AvgIpc) is 2.73. The van der Waals surface area contributed by atoms with Gasteiger partial charge in [-0.05, 0) is 49.7 Å². The molecule has 3 rings (SSSR count). The van der Waals surface area contributed by atoms with Crippen molar-refractivity contribution < 1.29 is 23.4 Å². The number of methoxy groups -OCH3 is 1. The Labute approximate surface area is 176 Å². The predicted octanol–water partition coefficient (Wildman–Crippen LogP) is 3.99. The number of esters is 1. The van der Waals surface area contributed by atoms with Gasteiger partial charge < -0.3 is 14.2 Å². The molecule has 0 radical (unpaired) electrons. The van der Waals surface area contributed by atoms with Crippen LogP contribution in [0.4, 0.5) is 4.39 Å². The number of hydrogen-bond acceptors (Lipinski definition) is 6. The van der Waals surface area contributed by atoms with Crippen molar-refractivity contribution in [3.8, 4) is 22.9 Å². The highest BCUT2D eigenvalue weighted by Crippen LogP contribution is 2.33. The first-order valence-electron chi connectivity index (χ1n) is 8.82. The second-order valence-electron chi connectivity index (χ2n) is 6.34. The molecule has 0 unspecified atom stereocenters. The fourth-order valence-electron chi connectivity index (χ4n) is 2.48. The summed E-state index contributed by atoms with van der Waals surface area (Å²) < 4.78 is 31.0. The van der Waals surface area contributed by atoms with Gasteiger partial charge in [-0.3, -0.25) is 4.79 Å². The molecule has 30 heavy (non-hydrogen) atoms. The number of rotatable bonds is 6. The number of carbonyl (C=O) groups is 1. The summed E-state index contributed by atoms with van der Waals surface area (Å²) in [4.78, 5) is 23.6. The molecule has 0 aliphatic rings. The van der Waals surface area contributed by atoms with E-state index in [0.717, 1.165) is 10.7 Å². The van der Waals surface area contributed by atoms with E-state index in [-0.39, 0.29) is 23.1 Å². The molecule has 0 N–H and O–H groups in total. The van der Waals surface area contributed by atoms with Crippen molar-refractivity contribution in [2.24, 2.45) is 0 Å². The first-order chi connectivity index (χ1) is 14.3. The van der Waals surface area contributed by atoms with Crippen molar-refractivity contribution in [1.82, 2.24) is 9.78 Å². The van der Waals surface area contributed by atoms with Gasteiger partial charge in [0.25, 0.3) is 5.56 Å². The predicted molar refractivity (Wildman–Crippen MR) is 108 cm³/mol. The zero-order valence-corrected chi connectivity index (χ0v) is 17.2. The standard InChI is InChI=1S/C21H18ClFN2O5/c1-12-10-24-25(21(27)13(12)2)18-9-19(16(22)8-17(18)23)30-15-6-4-14(5-7-15)29-11-20(26)28-3/h4-10H,11H2,1-3H3. The number of carbonyl (C=O) groups excluding carboxylic acids is 1. The Bertz CT molecular complexity index is 1150. The maximum Gasteiger partial charge on any atom is 0.343 e. The minimum Gasteiger partial charge on any atom is -0.482 e. The Morgan fingerprint density at radius 1 is 1.17 bits per heavy atom. The molecule has 2 aromatic carbocycles. The van der Waals surface area contributed by atoms with Gasteiger partial charge in [-0.1, -0.05) is 11.6 Å². The monoisotopic (exact) mass is 432 g/mol. The van der Waals surface area contributed by atoms with Crippen LogP contribution in [0.5, 0.6) is 17.2 Å². The second-order valence-corrected chi connectivity index (χ2v) is 6.75. The number of benzene rings is 2.